The maximum atomic E-state index is 12.7. The molecule has 0 fully saturated rings. The van der Waals surface area contributed by atoms with Crippen LogP contribution in [0.5, 0.6) is 0 Å². The Morgan fingerprint density at radius 2 is 1.90 bits per heavy atom. The van der Waals surface area contributed by atoms with E-state index in [4.69, 9.17) is 11.6 Å². The average Bonchev–Trinajstić information content (AvgIpc) is 3.15. The van der Waals surface area contributed by atoms with E-state index in [1.165, 1.54) is 0 Å². The molecular formula is C23H21ClN4OS. The molecule has 2 aromatic heterocycles. The van der Waals surface area contributed by atoms with Crippen LogP contribution >= 0.6 is 22.9 Å². The van der Waals surface area contributed by atoms with Gasteiger partial charge in [-0.05, 0) is 48.7 Å². The average molecular weight is 437 g/mol. The number of halogens is 1. The zero-order valence-corrected chi connectivity index (χ0v) is 18.5. The molecule has 0 radical (unpaired) electrons. The summed E-state index contributed by atoms with van der Waals surface area (Å²) in [4.78, 5) is 24.4. The van der Waals surface area contributed by atoms with Crippen molar-refractivity contribution in [3.8, 4) is 11.1 Å². The summed E-state index contributed by atoms with van der Waals surface area (Å²) in [5.41, 5.74) is 5.04. The van der Waals surface area contributed by atoms with Gasteiger partial charge >= 0.3 is 0 Å². The highest BCUT2D eigenvalue weighted by Crippen LogP contribution is 2.37. The van der Waals surface area contributed by atoms with Gasteiger partial charge in [-0.25, -0.2) is 9.97 Å². The molecule has 4 aromatic rings. The van der Waals surface area contributed by atoms with Crippen molar-refractivity contribution in [1.29, 1.82) is 0 Å². The van der Waals surface area contributed by atoms with Crippen LogP contribution in [0.25, 0.3) is 21.3 Å². The zero-order chi connectivity index (χ0) is 21.3. The maximum Gasteiger partial charge on any atom is 0.243 e. The van der Waals surface area contributed by atoms with Gasteiger partial charge in [0.2, 0.25) is 5.91 Å². The van der Waals surface area contributed by atoms with E-state index in [9.17, 15) is 4.79 Å². The molecule has 0 spiro atoms. The normalized spacial score (nSPS) is 10.9. The third-order valence-corrected chi connectivity index (χ3v) is 6.05. The number of hydrogen-bond acceptors (Lipinski definition) is 5. The van der Waals surface area contributed by atoms with Crippen LogP contribution in [-0.2, 0) is 4.79 Å². The number of nitrogens with one attached hydrogen (secondary N) is 1. The minimum atomic E-state index is -0.0961. The number of benzene rings is 2. The molecule has 0 bridgehead atoms. The fraction of sp³-hybridized carbons (Fsp3) is 0.174. The van der Waals surface area contributed by atoms with Crippen molar-refractivity contribution in [1.82, 2.24) is 9.97 Å². The number of nitrogens with zero attached hydrogens (tertiary/aromatic N) is 3. The lowest BCUT2D eigenvalue weighted by Crippen LogP contribution is -2.31. The molecule has 0 atom stereocenters. The second-order valence-corrected chi connectivity index (χ2v) is 8.55. The van der Waals surface area contributed by atoms with Crippen LogP contribution in [0.15, 0.2) is 54.2 Å². The second kappa shape index (κ2) is 8.42. The molecule has 0 unspecified atom stereocenters. The Kier molecular flexibility index (Phi) is 5.70. The molecule has 1 amide bonds. The standard InChI is InChI=1S/C23H21ClN4OS/c1-14-4-5-15(2)19(10-14)27-20(29)11-28(3)22-21-18(12-30-23(21)26-13-25-22)16-6-8-17(24)9-7-16/h4-10,12-13H,11H2,1-3H3,(H,27,29). The number of carbonyl (C=O) groups excluding carboxylic acids is 1. The molecule has 0 aliphatic heterocycles. The summed E-state index contributed by atoms with van der Waals surface area (Å²) >= 11 is 7.60. The lowest BCUT2D eigenvalue weighted by Gasteiger charge is -2.19. The zero-order valence-electron chi connectivity index (χ0n) is 16.9. The lowest BCUT2D eigenvalue weighted by molar-refractivity contribution is -0.114. The van der Waals surface area contributed by atoms with Crippen LogP contribution in [0.3, 0.4) is 0 Å². The first-order valence-electron chi connectivity index (χ1n) is 9.49. The Morgan fingerprint density at radius 3 is 2.67 bits per heavy atom. The topological polar surface area (TPSA) is 58.1 Å². The molecule has 0 aliphatic carbocycles. The van der Waals surface area contributed by atoms with Gasteiger partial charge in [0.05, 0.1) is 11.9 Å². The minimum absolute atomic E-state index is 0.0961. The van der Waals surface area contributed by atoms with E-state index < -0.39 is 0 Å². The molecule has 2 heterocycles. The van der Waals surface area contributed by atoms with Crippen molar-refractivity contribution in [2.24, 2.45) is 0 Å². The van der Waals surface area contributed by atoms with Gasteiger partial charge in [-0.1, -0.05) is 35.9 Å². The maximum absolute atomic E-state index is 12.7. The molecule has 7 heteroatoms. The molecular weight excluding hydrogens is 416 g/mol. The van der Waals surface area contributed by atoms with Crippen molar-refractivity contribution >= 4 is 50.6 Å². The van der Waals surface area contributed by atoms with Crippen molar-refractivity contribution < 1.29 is 4.79 Å². The number of hydrogen-bond donors (Lipinski definition) is 1. The van der Waals surface area contributed by atoms with E-state index in [-0.39, 0.29) is 12.5 Å². The van der Waals surface area contributed by atoms with E-state index >= 15 is 0 Å². The summed E-state index contributed by atoms with van der Waals surface area (Å²) in [6.45, 7) is 4.17. The molecule has 1 N–H and O–H groups in total. The number of carbonyl (C=O) groups is 1. The first-order valence-corrected chi connectivity index (χ1v) is 10.7. The van der Waals surface area contributed by atoms with Gasteiger partial charge in [-0.15, -0.1) is 11.3 Å². The number of amides is 1. The molecule has 0 saturated heterocycles. The van der Waals surface area contributed by atoms with Crippen molar-refractivity contribution in [2.75, 3.05) is 23.8 Å². The number of aromatic nitrogens is 2. The number of rotatable bonds is 5. The van der Waals surface area contributed by atoms with Crippen molar-refractivity contribution in [3.63, 3.8) is 0 Å². The van der Waals surface area contributed by atoms with Crippen LogP contribution in [0.1, 0.15) is 11.1 Å². The fourth-order valence-corrected chi connectivity index (χ4v) is 4.38. The number of likely N-dealkylation sites (N-methyl/N-ethyl adjacent to an activating group) is 1. The number of aryl methyl sites for hydroxylation is 2. The first kappa shape index (κ1) is 20.3. The number of fused-ring (bicyclic) bond motifs is 1. The SMILES string of the molecule is Cc1ccc(C)c(NC(=O)CN(C)c2ncnc3scc(-c4ccc(Cl)cc4)c23)c1. The summed E-state index contributed by atoms with van der Waals surface area (Å²) in [5, 5.41) is 6.70. The Hall–Kier alpha value is -2.96. The van der Waals surface area contributed by atoms with Crippen LogP contribution in [-0.4, -0.2) is 29.5 Å². The molecule has 5 nitrogen and oxygen atoms in total. The third-order valence-electron chi connectivity index (χ3n) is 4.91. The van der Waals surface area contributed by atoms with Gasteiger partial charge < -0.3 is 10.2 Å². The van der Waals surface area contributed by atoms with Gasteiger partial charge in [-0.3, -0.25) is 4.79 Å². The van der Waals surface area contributed by atoms with E-state index in [2.05, 4.69) is 20.7 Å². The largest absolute Gasteiger partial charge is 0.350 e. The molecule has 2 aromatic carbocycles. The highest BCUT2D eigenvalue weighted by molar-refractivity contribution is 7.17. The second-order valence-electron chi connectivity index (χ2n) is 7.26. The number of thiophene rings is 1. The van der Waals surface area contributed by atoms with E-state index in [1.807, 2.05) is 68.3 Å². The van der Waals surface area contributed by atoms with E-state index in [1.54, 1.807) is 17.7 Å². The predicted molar refractivity (Wildman–Crippen MR) is 126 cm³/mol. The molecule has 152 valence electrons. The molecule has 0 saturated carbocycles. The first-order chi connectivity index (χ1) is 14.4. The van der Waals surface area contributed by atoms with Gasteiger partial charge in [0.1, 0.15) is 17.0 Å². The van der Waals surface area contributed by atoms with Crippen molar-refractivity contribution in [3.05, 3.63) is 70.3 Å². The number of anilines is 2. The van der Waals surface area contributed by atoms with Crippen LogP contribution in [0.4, 0.5) is 11.5 Å². The summed E-state index contributed by atoms with van der Waals surface area (Å²) < 4.78 is 0. The van der Waals surface area contributed by atoms with Crippen molar-refractivity contribution in [2.45, 2.75) is 13.8 Å². The molecule has 0 aliphatic rings. The van der Waals surface area contributed by atoms with Crippen LogP contribution in [0, 0.1) is 13.8 Å². The minimum Gasteiger partial charge on any atom is -0.350 e. The highest BCUT2D eigenvalue weighted by Gasteiger charge is 2.18. The third kappa shape index (κ3) is 4.15. The monoisotopic (exact) mass is 436 g/mol. The smallest absolute Gasteiger partial charge is 0.243 e. The van der Waals surface area contributed by atoms with Crippen LogP contribution < -0.4 is 10.2 Å². The molecule has 4 rings (SSSR count). The summed E-state index contributed by atoms with van der Waals surface area (Å²) in [6.07, 6.45) is 1.54. The summed E-state index contributed by atoms with van der Waals surface area (Å²) in [7, 11) is 1.87. The van der Waals surface area contributed by atoms with Crippen LogP contribution in [0.2, 0.25) is 5.02 Å². The Labute approximate surface area is 184 Å². The van der Waals surface area contributed by atoms with E-state index in [0.717, 1.165) is 44.0 Å². The Bertz CT molecular complexity index is 1220. The molecule has 30 heavy (non-hydrogen) atoms. The Morgan fingerprint density at radius 1 is 1.13 bits per heavy atom. The van der Waals surface area contributed by atoms with E-state index in [0.29, 0.717) is 5.02 Å². The van der Waals surface area contributed by atoms with Gasteiger partial charge in [0, 0.05) is 28.7 Å². The van der Waals surface area contributed by atoms with Gasteiger partial charge in [0.25, 0.3) is 0 Å². The fourth-order valence-electron chi connectivity index (χ4n) is 3.34. The summed E-state index contributed by atoms with van der Waals surface area (Å²) in [6, 6.07) is 13.7. The Balaban J connectivity index is 1.62. The quantitative estimate of drug-likeness (QED) is 0.435. The predicted octanol–water partition coefficient (Wildman–Crippen LogP) is 5.70. The summed E-state index contributed by atoms with van der Waals surface area (Å²) in [5.74, 6) is 0.628. The van der Waals surface area contributed by atoms with Gasteiger partial charge in [-0.2, -0.15) is 0 Å². The lowest BCUT2D eigenvalue weighted by atomic mass is 10.1. The van der Waals surface area contributed by atoms with Gasteiger partial charge in [0.15, 0.2) is 0 Å². The highest BCUT2D eigenvalue weighted by atomic mass is 35.5.